The van der Waals surface area contributed by atoms with Gasteiger partial charge in [0.15, 0.2) is 0 Å². The third-order valence-corrected chi connectivity index (χ3v) is 4.06. The molecule has 2 heterocycles. The van der Waals surface area contributed by atoms with Crippen molar-refractivity contribution >= 4 is 0 Å². The minimum atomic E-state index is -0.241. The Hall–Kier alpha value is -1.06. The van der Waals surface area contributed by atoms with Gasteiger partial charge >= 0.3 is 0 Å². The van der Waals surface area contributed by atoms with Gasteiger partial charge in [-0.3, -0.25) is 0 Å². The largest absolute Gasteiger partial charge is 0.496 e. The second-order valence-corrected chi connectivity index (χ2v) is 4.94. The number of methoxy groups -OCH3 is 1. The third kappa shape index (κ3) is 1.28. The number of ether oxygens (including phenoxy) is 1. The molecule has 0 aromatic heterocycles. The van der Waals surface area contributed by atoms with Crippen LogP contribution in [0.15, 0.2) is 24.3 Å². The van der Waals surface area contributed by atoms with Crippen molar-refractivity contribution in [3.8, 4) is 5.75 Å². The quantitative estimate of drug-likeness (QED) is 0.788. The van der Waals surface area contributed by atoms with E-state index in [9.17, 15) is 0 Å². The van der Waals surface area contributed by atoms with Gasteiger partial charge in [-0.2, -0.15) is 0 Å². The first-order valence-corrected chi connectivity index (χ1v) is 5.92. The molecule has 3 N–H and O–H groups in total. The van der Waals surface area contributed by atoms with Gasteiger partial charge in [-0.1, -0.05) is 18.2 Å². The van der Waals surface area contributed by atoms with Crippen molar-refractivity contribution in [3.05, 3.63) is 29.8 Å². The van der Waals surface area contributed by atoms with Crippen molar-refractivity contribution in [2.24, 2.45) is 5.73 Å². The van der Waals surface area contributed by atoms with Gasteiger partial charge in [0.25, 0.3) is 0 Å². The summed E-state index contributed by atoms with van der Waals surface area (Å²) in [5, 5.41) is 3.59. The SMILES string of the molecule is COc1ccccc1C1(N)CC2CCC1N2. The highest BCUT2D eigenvalue weighted by Crippen LogP contribution is 2.44. The summed E-state index contributed by atoms with van der Waals surface area (Å²) in [7, 11) is 1.71. The molecule has 16 heavy (non-hydrogen) atoms. The molecule has 3 heteroatoms. The van der Waals surface area contributed by atoms with E-state index in [0.29, 0.717) is 12.1 Å². The second kappa shape index (κ2) is 3.47. The van der Waals surface area contributed by atoms with E-state index in [0.717, 1.165) is 17.7 Å². The molecule has 0 radical (unpaired) electrons. The molecule has 0 aliphatic carbocycles. The predicted molar refractivity (Wildman–Crippen MR) is 63.4 cm³/mol. The monoisotopic (exact) mass is 218 g/mol. The van der Waals surface area contributed by atoms with E-state index < -0.39 is 0 Å². The van der Waals surface area contributed by atoms with Crippen LogP contribution in [0.1, 0.15) is 24.8 Å². The Bertz CT molecular complexity index is 407. The van der Waals surface area contributed by atoms with Crippen LogP contribution in [0.4, 0.5) is 0 Å². The summed E-state index contributed by atoms with van der Waals surface area (Å²) in [5.74, 6) is 0.916. The lowest BCUT2D eigenvalue weighted by Gasteiger charge is -2.34. The Kier molecular flexibility index (Phi) is 2.19. The van der Waals surface area contributed by atoms with Crippen molar-refractivity contribution in [1.82, 2.24) is 5.32 Å². The molecule has 2 aliphatic rings. The van der Waals surface area contributed by atoms with Crippen LogP contribution in [0.25, 0.3) is 0 Å². The first kappa shape index (κ1) is 10.1. The molecule has 2 aliphatic heterocycles. The van der Waals surface area contributed by atoms with Crippen molar-refractivity contribution in [2.45, 2.75) is 36.9 Å². The summed E-state index contributed by atoms with van der Waals surface area (Å²) in [5.41, 5.74) is 7.51. The maximum absolute atomic E-state index is 6.60. The summed E-state index contributed by atoms with van der Waals surface area (Å²) in [6.45, 7) is 0. The van der Waals surface area contributed by atoms with E-state index >= 15 is 0 Å². The summed E-state index contributed by atoms with van der Waals surface area (Å²) >= 11 is 0. The van der Waals surface area contributed by atoms with Gasteiger partial charge in [-0.15, -0.1) is 0 Å². The molecular weight excluding hydrogens is 200 g/mol. The van der Waals surface area contributed by atoms with Crippen LogP contribution in [0.5, 0.6) is 5.75 Å². The minimum Gasteiger partial charge on any atom is -0.496 e. The zero-order valence-electron chi connectivity index (χ0n) is 9.57. The number of benzene rings is 1. The fourth-order valence-electron chi connectivity index (χ4n) is 3.26. The van der Waals surface area contributed by atoms with Crippen LogP contribution in [0.3, 0.4) is 0 Å². The first-order valence-electron chi connectivity index (χ1n) is 5.92. The lowest BCUT2D eigenvalue weighted by atomic mass is 9.77. The third-order valence-electron chi connectivity index (χ3n) is 4.06. The Labute approximate surface area is 96.0 Å². The number of rotatable bonds is 2. The topological polar surface area (TPSA) is 47.3 Å². The van der Waals surface area contributed by atoms with Gasteiger partial charge in [0, 0.05) is 17.6 Å². The number of nitrogens with one attached hydrogen (secondary N) is 1. The van der Waals surface area contributed by atoms with Gasteiger partial charge in [0.2, 0.25) is 0 Å². The van der Waals surface area contributed by atoms with Crippen LogP contribution < -0.4 is 15.8 Å². The summed E-state index contributed by atoms with van der Waals surface area (Å²) in [6.07, 6.45) is 3.47. The molecule has 0 spiro atoms. The van der Waals surface area contributed by atoms with E-state index in [1.807, 2.05) is 18.2 Å². The highest BCUT2D eigenvalue weighted by Gasteiger charge is 2.50. The summed E-state index contributed by atoms with van der Waals surface area (Å²) in [4.78, 5) is 0. The molecule has 3 atom stereocenters. The first-order chi connectivity index (χ1) is 7.74. The average Bonchev–Trinajstić information content (AvgIpc) is 2.89. The number of nitrogens with two attached hydrogens (primary N) is 1. The zero-order chi connectivity index (χ0) is 11.2. The van der Waals surface area contributed by atoms with Crippen molar-refractivity contribution < 1.29 is 4.74 Å². The van der Waals surface area contributed by atoms with E-state index in [2.05, 4.69) is 11.4 Å². The van der Waals surface area contributed by atoms with E-state index in [1.165, 1.54) is 12.8 Å². The maximum atomic E-state index is 6.60. The molecule has 2 bridgehead atoms. The Morgan fingerprint density at radius 1 is 1.38 bits per heavy atom. The van der Waals surface area contributed by atoms with Crippen LogP contribution in [0.2, 0.25) is 0 Å². The minimum absolute atomic E-state index is 0.241. The lowest BCUT2D eigenvalue weighted by molar-refractivity contribution is 0.321. The molecular formula is C13H18N2O. The Morgan fingerprint density at radius 2 is 2.19 bits per heavy atom. The van der Waals surface area contributed by atoms with Gasteiger partial charge < -0.3 is 15.8 Å². The summed E-state index contributed by atoms with van der Waals surface area (Å²) < 4.78 is 5.42. The summed E-state index contributed by atoms with van der Waals surface area (Å²) in [6, 6.07) is 9.13. The molecule has 1 aromatic rings. The molecule has 3 nitrogen and oxygen atoms in total. The Morgan fingerprint density at radius 3 is 2.81 bits per heavy atom. The molecule has 1 aromatic carbocycles. The molecule has 2 fully saturated rings. The number of para-hydroxylation sites is 1. The van der Waals surface area contributed by atoms with Crippen LogP contribution in [-0.2, 0) is 5.54 Å². The normalized spacial score (nSPS) is 36.6. The van der Waals surface area contributed by atoms with Crippen LogP contribution in [-0.4, -0.2) is 19.2 Å². The molecule has 2 saturated heterocycles. The zero-order valence-corrected chi connectivity index (χ0v) is 9.57. The maximum Gasteiger partial charge on any atom is 0.123 e. The van der Waals surface area contributed by atoms with Crippen LogP contribution >= 0.6 is 0 Å². The van der Waals surface area contributed by atoms with Crippen molar-refractivity contribution in [1.29, 1.82) is 0 Å². The second-order valence-electron chi connectivity index (χ2n) is 4.94. The average molecular weight is 218 g/mol. The molecule has 3 rings (SSSR count). The molecule has 0 amide bonds. The highest BCUT2D eigenvalue weighted by atomic mass is 16.5. The van der Waals surface area contributed by atoms with E-state index in [-0.39, 0.29) is 5.54 Å². The van der Waals surface area contributed by atoms with E-state index in [1.54, 1.807) is 7.11 Å². The molecule has 86 valence electrons. The number of hydrogen-bond acceptors (Lipinski definition) is 3. The number of fused-ring (bicyclic) bond motifs is 2. The number of hydrogen-bond donors (Lipinski definition) is 2. The van der Waals surface area contributed by atoms with Gasteiger partial charge in [-0.25, -0.2) is 0 Å². The van der Waals surface area contributed by atoms with Gasteiger partial charge in [0.1, 0.15) is 5.75 Å². The Balaban J connectivity index is 2.03. The molecule has 0 saturated carbocycles. The lowest BCUT2D eigenvalue weighted by Crippen LogP contribution is -2.47. The highest BCUT2D eigenvalue weighted by molar-refractivity contribution is 5.42. The van der Waals surface area contributed by atoms with Gasteiger partial charge in [-0.05, 0) is 25.3 Å². The van der Waals surface area contributed by atoms with E-state index in [4.69, 9.17) is 10.5 Å². The fourth-order valence-corrected chi connectivity index (χ4v) is 3.26. The fraction of sp³-hybridized carbons (Fsp3) is 0.538. The van der Waals surface area contributed by atoms with Crippen LogP contribution in [0, 0.1) is 0 Å². The molecule has 3 unspecified atom stereocenters. The smallest absolute Gasteiger partial charge is 0.123 e. The van der Waals surface area contributed by atoms with Crippen molar-refractivity contribution in [2.75, 3.05) is 7.11 Å². The van der Waals surface area contributed by atoms with Gasteiger partial charge in [0.05, 0.1) is 12.6 Å². The van der Waals surface area contributed by atoms with Crippen molar-refractivity contribution in [3.63, 3.8) is 0 Å². The predicted octanol–water partition coefficient (Wildman–Crippen LogP) is 1.37. The standard InChI is InChI=1S/C13H18N2O/c1-16-11-5-3-2-4-10(11)13(14)8-9-6-7-12(13)15-9/h2-5,9,12,15H,6-8,14H2,1H3.